The molecule has 0 spiro atoms. The van der Waals surface area contributed by atoms with Crippen LogP contribution in [0.4, 0.5) is 5.69 Å². The average molecular weight is 422 g/mol. The van der Waals surface area contributed by atoms with E-state index in [0.717, 1.165) is 54.8 Å². The molecule has 1 aliphatic rings. The summed E-state index contributed by atoms with van der Waals surface area (Å²) in [6, 6.07) is 14.4. The van der Waals surface area contributed by atoms with Crippen LogP contribution in [0.15, 0.2) is 42.5 Å². The van der Waals surface area contributed by atoms with Gasteiger partial charge in [0.1, 0.15) is 9.88 Å². The molecular weight excluding hydrogens is 394 g/mol. The number of thiazole rings is 1. The number of ether oxygens (including phenoxy) is 1. The minimum atomic E-state index is -0.107. The second kappa shape index (κ2) is 9.08. The highest BCUT2D eigenvalue weighted by Gasteiger charge is 2.18. The molecule has 5 nitrogen and oxygen atoms in total. The zero-order valence-corrected chi connectivity index (χ0v) is 18.5. The van der Waals surface area contributed by atoms with Gasteiger partial charge < -0.3 is 10.1 Å². The molecule has 0 radical (unpaired) electrons. The van der Waals surface area contributed by atoms with Gasteiger partial charge in [0.05, 0.1) is 18.9 Å². The Morgan fingerprint density at radius 3 is 2.70 bits per heavy atom. The fourth-order valence-corrected chi connectivity index (χ4v) is 4.78. The quantitative estimate of drug-likeness (QED) is 0.642. The number of carbonyl (C=O) groups is 1. The van der Waals surface area contributed by atoms with Gasteiger partial charge in [-0.3, -0.25) is 9.69 Å². The van der Waals surface area contributed by atoms with E-state index in [2.05, 4.69) is 59.4 Å². The Balaban J connectivity index is 1.49. The van der Waals surface area contributed by atoms with E-state index in [0.29, 0.717) is 4.88 Å². The molecule has 4 rings (SSSR count). The monoisotopic (exact) mass is 421 g/mol. The maximum atomic E-state index is 13.0. The van der Waals surface area contributed by atoms with Crippen LogP contribution in [0.1, 0.15) is 32.1 Å². The topological polar surface area (TPSA) is 54.5 Å². The van der Waals surface area contributed by atoms with E-state index in [1.165, 1.54) is 28.0 Å². The number of rotatable bonds is 5. The van der Waals surface area contributed by atoms with E-state index in [-0.39, 0.29) is 5.91 Å². The number of morpholine rings is 1. The number of benzene rings is 2. The summed E-state index contributed by atoms with van der Waals surface area (Å²) >= 11 is 1.45. The molecule has 2 heterocycles. The van der Waals surface area contributed by atoms with Gasteiger partial charge >= 0.3 is 0 Å². The summed E-state index contributed by atoms with van der Waals surface area (Å²) in [6.07, 6.45) is 0. The van der Waals surface area contributed by atoms with Gasteiger partial charge in [0.2, 0.25) is 0 Å². The summed E-state index contributed by atoms with van der Waals surface area (Å²) in [4.78, 5) is 20.6. The maximum Gasteiger partial charge on any atom is 0.267 e. The fourth-order valence-electron chi connectivity index (χ4n) is 3.73. The van der Waals surface area contributed by atoms with E-state index in [9.17, 15) is 4.79 Å². The van der Waals surface area contributed by atoms with Crippen LogP contribution in [0.3, 0.4) is 0 Å². The van der Waals surface area contributed by atoms with E-state index in [1.54, 1.807) is 0 Å². The first-order chi connectivity index (χ1) is 14.5. The van der Waals surface area contributed by atoms with Crippen molar-refractivity contribution in [1.82, 2.24) is 9.88 Å². The molecule has 1 saturated heterocycles. The number of aryl methyl sites for hydroxylation is 3. The number of nitrogens with zero attached hydrogens (tertiary/aromatic N) is 2. The zero-order chi connectivity index (χ0) is 21.1. The van der Waals surface area contributed by atoms with Crippen molar-refractivity contribution in [3.8, 4) is 10.6 Å². The largest absolute Gasteiger partial charge is 0.379 e. The second-order valence-electron chi connectivity index (χ2n) is 7.79. The standard InChI is InChI=1S/C24H27N3O2S/c1-16-7-8-21(17(2)13-16)24-25-18(3)22(30-24)23(28)26-20-6-4-5-19(14-20)15-27-9-11-29-12-10-27/h4-8,13-14H,9-12,15H2,1-3H3,(H,26,28). The number of aromatic nitrogens is 1. The predicted molar refractivity (Wildman–Crippen MR) is 122 cm³/mol. The molecule has 0 saturated carbocycles. The predicted octanol–water partition coefficient (Wildman–Crippen LogP) is 4.82. The van der Waals surface area contributed by atoms with Gasteiger partial charge in [0, 0.05) is 30.9 Å². The van der Waals surface area contributed by atoms with Gasteiger partial charge in [0.15, 0.2) is 0 Å². The molecule has 3 aromatic rings. The van der Waals surface area contributed by atoms with Crippen LogP contribution in [0.2, 0.25) is 0 Å². The highest BCUT2D eigenvalue weighted by molar-refractivity contribution is 7.17. The minimum Gasteiger partial charge on any atom is -0.379 e. The lowest BCUT2D eigenvalue weighted by Gasteiger charge is -2.26. The van der Waals surface area contributed by atoms with Gasteiger partial charge in [0.25, 0.3) is 5.91 Å². The van der Waals surface area contributed by atoms with Crippen molar-refractivity contribution in [2.24, 2.45) is 0 Å². The summed E-state index contributed by atoms with van der Waals surface area (Å²) in [5.74, 6) is -0.107. The van der Waals surface area contributed by atoms with Gasteiger partial charge in [-0.05, 0) is 44.0 Å². The second-order valence-corrected chi connectivity index (χ2v) is 8.79. The van der Waals surface area contributed by atoms with Crippen LogP contribution in [0, 0.1) is 20.8 Å². The van der Waals surface area contributed by atoms with Crippen LogP contribution in [0.25, 0.3) is 10.6 Å². The van der Waals surface area contributed by atoms with Crippen LogP contribution in [0.5, 0.6) is 0 Å². The third kappa shape index (κ3) is 4.78. The summed E-state index contributed by atoms with van der Waals surface area (Å²) < 4.78 is 5.42. The molecule has 0 unspecified atom stereocenters. The lowest BCUT2D eigenvalue weighted by atomic mass is 10.1. The Kier molecular flexibility index (Phi) is 6.27. The molecule has 1 N–H and O–H groups in total. The van der Waals surface area contributed by atoms with Crippen LogP contribution in [-0.2, 0) is 11.3 Å². The molecule has 1 aromatic heterocycles. The van der Waals surface area contributed by atoms with Crippen LogP contribution < -0.4 is 5.32 Å². The first-order valence-electron chi connectivity index (χ1n) is 10.2. The van der Waals surface area contributed by atoms with Crippen molar-refractivity contribution < 1.29 is 9.53 Å². The minimum absolute atomic E-state index is 0.107. The summed E-state index contributed by atoms with van der Waals surface area (Å²) in [7, 11) is 0. The molecule has 0 bridgehead atoms. The van der Waals surface area contributed by atoms with Crippen molar-refractivity contribution in [3.05, 3.63) is 69.7 Å². The smallest absolute Gasteiger partial charge is 0.267 e. The van der Waals surface area contributed by atoms with E-state index in [1.807, 2.05) is 19.1 Å². The first-order valence-corrected chi connectivity index (χ1v) is 11.1. The normalized spacial score (nSPS) is 14.6. The lowest BCUT2D eigenvalue weighted by Crippen LogP contribution is -2.35. The Morgan fingerprint density at radius 2 is 1.93 bits per heavy atom. The number of nitrogens with one attached hydrogen (secondary N) is 1. The summed E-state index contributed by atoms with van der Waals surface area (Å²) in [5, 5.41) is 3.94. The Labute approximate surface area is 181 Å². The zero-order valence-electron chi connectivity index (χ0n) is 17.7. The lowest BCUT2D eigenvalue weighted by molar-refractivity contribution is 0.0342. The van der Waals surface area contributed by atoms with Crippen molar-refractivity contribution in [2.45, 2.75) is 27.3 Å². The molecule has 0 aliphatic carbocycles. The van der Waals surface area contributed by atoms with E-state index >= 15 is 0 Å². The van der Waals surface area contributed by atoms with E-state index < -0.39 is 0 Å². The number of carbonyl (C=O) groups excluding carboxylic acids is 1. The molecule has 156 valence electrons. The molecule has 30 heavy (non-hydrogen) atoms. The fraction of sp³-hybridized carbons (Fsp3) is 0.333. The van der Waals surface area contributed by atoms with E-state index in [4.69, 9.17) is 4.74 Å². The average Bonchev–Trinajstić information content (AvgIpc) is 3.10. The third-order valence-corrected chi connectivity index (χ3v) is 6.50. The molecule has 1 aliphatic heterocycles. The number of hydrogen-bond donors (Lipinski definition) is 1. The van der Waals surface area contributed by atoms with Crippen molar-refractivity contribution >= 4 is 22.9 Å². The van der Waals surface area contributed by atoms with Crippen molar-refractivity contribution in [1.29, 1.82) is 0 Å². The molecule has 1 fully saturated rings. The van der Waals surface area contributed by atoms with Crippen molar-refractivity contribution in [3.63, 3.8) is 0 Å². The van der Waals surface area contributed by atoms with Gasteiger partial charge in [-0.1, -0.05) is 35.9 Å². The maximum absolute atomic E-state index is 13.0. The summed E-state index contributed by atoms with van der Waals surface area (Å²) in [5.41, 5.74) is 6.24. The number of hydrogen-bond acceptors (Lipinski definition) is 5. The first kappa shape index (κ1) is 20.7. The number of anilines is 1. The molecule has 0 atom stereocenters. The highest BCUT2D eigenvalue weighted by atomic mass is 32.1. The molecular formula is C24H27N3O2S. The molecule has 1 amide bonds. The highest BCUT2D eigenvalue weighted by Crippen LogP contribution is 2.31. The van der Waals surface area contributed by atoms with Crippen LogP contribution in [-0.4, -0.2) is 42.1 Å². The van der Waals surface area contributed by atoms with Crippen LogP contribution >= 0.6 is 11.3 Å². The van der Waals surface area contributed by atoms with Gasteiger partial charge in [-0.15, -0.1) is 11.3 Å². The van der Waals surface area contributed by atoms with Crippen molar-refractivity contribution in [2.75, 3.05) is 31.6 Å². The Bertz CT molecular complexity index is 1050. The summed E-state index contributed by atoms with van der Waals surface area (Å²) in [6.45, 7) is 10.4. The SMILES string of the molecule is Cc1ccc(-c2nc(C)c(C(=O)Nc3cccc(CN4CCOCC4)c3)s2)c(C)c1. The Morgan fingerprint density at radius 1 is 1.13 bits per heavy atom. The number of amides is 1. The van der Waals surface area contributed by atoms with Gasteiger partial charge in [-0.25, -0.2) is 4.98 Å². The molecule has 2 aromatic carbocycles. The molecule has 6 heteroatoms. The third-order valence-electron chi connectivity index (χ3n) is 5.31. The van der Waals surface area contributed by atoms with Gasteiger partial charge in [-0.2, -0.15) is 0 Å². The Hall–Kier alpha value is -2.54.